The molecule has 0 aliphatic carbocycles. The van der Waals surface area contributed by atoms with Crippen LogP contribution in [0.2, 0.25) is 0 Å². The van der Waals surface area contributed by atoms with Gasteiger partial charge >= 0.3 is 0 Å². The largest absolute Gasteiger partial charge is 0.395 e. The van der Waals surface area contributed by atoms with E-state index < -0.39 is 0 Å². The Morgan fingerprint density at radius 3 is 2.62 bits per heavy atom. The van der Waals surface area contributed by atoms with Crippen LogP contribution in [0.25, 0.3) is 0 Å². The molecule has 3 heteroatoms. The average molecular weight is 220 g/mol. The van der Waals surface area contributed by atoms with E-state index in [2.05, 4.69) is 23.1 Å². The maximum atomic E-state index is 9.01. The van der Waals surface area contributed by atoms with Crippen LogP contribution in [0.1, 0.15) is 18.4 Å². The Kier molecular flexibility index (Phi) is 3.80. The Morgan fingerprint density at radius 1 is 1.25 bits per heavy atom. The first-order chi connectivity index (χ1) is 7.81. The van der Waals surface area contributed by atoms with Crippen molar-refractivity contribution in [2.45, 2.75) is 25.3 Å². The smallest absolute Gasteiger partial charge is 0.0585 e. The minimum absolute atomic E-state index is 0.0499. The summed E-state index contributed by atoms with van der Waals surface area (Å²) in [7, 11) is 0. The summed E-state index contributed by atoms with van der Waals surface area (Å²) in [6.07, 6.45) is 3.31. The number of aliphatic hydroxyl groups excluding tert-OH is 1. The monoisotopic (exact) mass is 220 g/mol. The highest BCUT2D eigenvalue weighted by atomic mass is 16.3. The van der Waals surface area contributed by atoms with E-state index in [1.807, 2.05) is 6.07 Å². The van der Waals surface area contributed by atoms with Gasteiger partial charge in [-0.2, -0.15) is 0 Å². The molecule has 0 aromatic heterocycles. The first-order valence-electron chi connectivity index (χ1n) is 6.00. The molecule has 1 aromatic carbocycles. The molecule has 1 aliphatic rings. The van der Waals surface area contributed by atoms with Crippen molar-refractivity contribution in [2.24, 2.45) is 5.73 Å². The summed E-state index contributed by atoms with van der Waals surface area (Å²) in [5.74, 6) is 0. The number of para-hydroxylation sites is 1. The van der Waals surface area contributed by atoms with Crippen LogP contribution >= 0.6 is 0 Å². The van der Waals surface area contributed by atoms with Gasteiger partial charge in [-0.15, -0.1) is 0 Å². The maximum absolute atomic E-state index is 9.01. The van der Waals surface area contributed by atoms with Gasteiger partial charge in [0.1, 0.15) is 0 Å². The van der Waals surface area contributed by atoms with Crippen molar-refractivity contribution in [3.05, 3.63) is 29.8 Å². The van der Waals surface area contributed by atoms with Gasteiger partial charge in [-0.3, -0.25) is 0 Å². The molecule has 0 radical (unpaired) electrons. The second kappa shape index (κ2) is 5.32. The zero-order valence-electron chi connectivity index (χ0n) is 9.60. The summed E-state index contributed by atoms with van der Waals surface area (Å²) in [5.41, 5.74) is 8.35. The van der Waals surface area contributed by atoms with Crippen LogP contribution in [-0.4, -0.2) is 30.8 Å². The molecule has 1 aromatic rings. The summed E-state index contributed by atoms with van der Waals surface area (Å²) in [4.78, 5) is 2.42. The van der Waals surface area contributed by atoms with Gasteiger partial charge in [-0.1, -0.05) is 18.2 Å². The Balaban J connectivity index is 2.16. The highest BCUT2D eigenvalue weighted by molar-refractivity contribution is 5.54. The average Bonchev–Trinajstić information content (AvgIpc) is 2.83. The van der Waals surface area contributed by atoms with Gasteiger partial charge in [-0.05, 0) is 30.9 Å². The predicted molar refractivity (Wildman–Crippen MR) is 66.7 cm³/mol. The summed E-state index contributed by atoms with van der Waals surface area (Å²) in [6.45, 7) is 2.34. The second-order valence-electron chi connectivity index (χ2n) is 4.47. The van der Waals surface area contributed by atoms with Crippen LogP contribution in [-0.2, 0) is 6.42 Å². The molecular weight excluding hydrogens is 200 g/mol. The molecule has 2 rings (SSSR count). The predicted octanol–water partition coefficient (Wildman–Crippen LogP) is 1.15. The molecule has 1 heterocycles. The number of anilines is 1. The zero-order valence-corrected chi connectivity index (χ0v) is 9.60. The van der Waals surface area contributed by atoms with Crippen LogP contribution in [0.15, 0.2) is 24.3 Å². The molecule has 88 valence electrons. The van der Waals surface area contributed by atoms with Gasteiger partial charge in [0, 0.05) is 24.8 Å². The molecule has 1 saturated heterocycles. The van der Waals surface area contributed by atoms with Crippen LogP contribution in [0.5, 0.6) is 0 Å². The van der Waals surface area contributed by atoms with Crippen molar-refractivity contribution in [2.75, 3.05) is 24.6 Å². The number of aliphatic hydroxyl groups is 1. The molecule has 1 atom stereocenters. The van der Waals surface area contributed by atoms with Crippen molar-refractivity contribution in [1.29, 1.82) is 0 Å². The van der Waals surface area contributed by atoms with Gasteiger partial charge in [0.2, 0.25) is 0 Å². The molecule has 3 nitrogen and oxygen atoms in total. The van der Waals surface area contributed by atoms with Gasteiger partial charge in [0.25, 0.3) is 0 Å². The summed E-state index contributed by atoms with van der Waals surface area (Å²) >= 11 is 0. The van der Waals surface area contributed by atoms with Crippen molar-refractivity contribution >= 4 is 5.69 Å². The van der Waals surface area contributed by atoms with E-state index in [4.69, 9.17) is 10.8 Å². The lowest BCUT2D eigenvalue weighted by atomic mass is 10.0. The Labute approximate surface area is 96.9 Å². The van der Waals surface area contributed by atoms with E-state index in [1.165, 1.54) is 24.1 Å². The van der Waals surface area contributed by atoms with Gasteiger partial charge in [-0.25, -0.2) is 0 Å². The third-order valence-electron chi connectivity index (χ3n) is 3.15. The summed E-state index contributed by atoms with van der Waals surface area (Å²) < 4.78 is 0. The number of nitrogens with zero attached hydrogens (tertiary/aromatic N) is 1. The third kappa shape index (κ3) is 2.54. The fraction of sp³-hybridized carbons (Fsp3) is 0.538. The number of hydrogen-bond donors (Lipinski definition) is 2. The van der Waals surface area contributed by atoms with Crippen LogP contribution in [0.3, 0.4) is 0 Å². The zero-order chi connectivity index (χ0) is 11.4. The van der Waals surface area contributed by atoms with Gasteiger partial charge in [0.05, 0.1) is 6.61 Å². The highest BCUT2D eigenvalue weighted by Gasteiger charge is 2.16. The number of benzene rings is 1. The lowest BCUT2D eigenvalue weighted by Gasteiger charge is -2.22. The number of rotatable bonds is 4. The van der Waals surface area contributed by atoms with Gasteiger partial charge in [0.15, 0.2) is 0 Å². The first kappa shape index (κ1) is 11.4. The fourth-order valence-electron chi connectivity index (χ4n) is 2.30. The van der Waals surface area contributed by atoms with E-state index in [1.54, 1.807) is 0 Å². The number of hydrogen-bond acceptors (Lipinski definition) is 3. The van der Waals surface area contributed by atoms with Crippen LogP contribution in [0, 0.1) is 0 Å². The van der Waals surface area contributed by atoms with E-state index >= 15 is 0 Å². The minimum atomic E-state index is -0.149. The fourth-order valence-corrected chi connectivity index (χ4v) is 2.30. The molecule has 0 amide bonds. The van der Waals surface area contributed by atoms with Crippen molar-refractivity contribution in [3.8, 4) is 0 Å². The topological polar surface area (TPSA) is 49.5 Å². The third-order valence-corrected chi connectivity index (χ3v) is 3.15. The SMILES string of the molecule is NC(CO)Cc1ccccc1N1CCCC1. The standard InChI is InChI=1S/C13H20N2O/c14-12(10-16)9-11-5-1-2-6-13(11)15-7-3-4-8-15/h1-2,5-6,12,16H,3-4,7-10,14H2. The molecule has 1 fully saturated rings. The minimum Gasteiger partial charge on any atom is -0.395 e. The highest BCUT2D eigenvalue weighted by Crippen LogP contribution is 2.25. The maximum Gasteiger partial charge on any atom is 0.0585 e. The van der Waals surface area contributed by atoms with Crippen molar-refractivity contribution in [1.82, 2.24) is 0 Å². The van der Waals surface area contributed by atoms with E-state index in [0.717, 1.165) is 19.5 Å². The summed E-state index contributed by atoms with van der Waals surface area (Å²) in [6, 6.07) is 8.23. The molecule has 1 unspecified atom stereocenters. The molecule has 0 spiro atoms. The quantitative estimate of drug-likeness (QED) is 0.800. The first-order valence-corrected chi connectivity index (χ1v) is 6.00. The molecule has 0 saturated carbocycles. The Morgan fingerprint density at radius 2 is 1.94 bits per heavy atom. The van der Waals surface area contributed by atoms with E-state index in [9.17, 15) is 0 Å². The van der Waals surface area contributed by atoms with Crippen molar-refractivity contribution in [3.63, 3.8) is 0 Å². The normalized spacial score (nSPS) is 17.8. The molecule has 0 bridgehead atoms. The molecule has 1 aliphatic heterocycles. The number of nitrogens with two attached hydrogens (primary N) is 1. The molecule has 16 heavy (non-hydrogen) atoms. The molecule has 3 N–H and O–H groups in total. The van der Waals surface area contributed by atoms with Crippen molar-refractivity contribution < 1.29 is 5.11 Å². The lowest BCUT2D eigenvalue weighted by Crippen LogP contribution is -2.28. The van der Waals surface area contributed by atoms with E-state index in [-0.39, 0.29) is 12.6 Å². The second-order valence-corrected chi connectivity index (χ2v) is 4.47. The van der Waals surface area contributed by atoms with Crippen LogP contribution in [0.4, 0.5) is 5.69 Å². The lowest BCUT2D eigenvalue weighted by molar-refractivity contribution is 0.265. The Bertz CT molecular complexity index is 334. The van der Waals surface area contributed by atoms with Gasteiger partial charge < -0.3 is 15.7 Å². The Hall–Kier alpha value is -1.06. The van der Waals surface area contributed by atoms with E-state index in [0.29, 0.717) is 0 Å². The van der Waals surface area contributed by atoms with Crippen LogP contribution < -0.4 is 10.6 Å². The molecular formula is C13H20N2O. The summed E-state index contributed by atoms with van der Waals surface area (Å²) in [5, 5.41) is 9.01.